The number of aromatic amines is 1. The number of nitrogens with one attached hydrogen (secondary N) is 1. The average molecular weight is 427 g/mol. The number of anilines is 1. The van der Waals surface area contributed by atoms with Gasteiger partial charge in [-0.1, -0.05) is 17.4 Å². The third-order valence-corrected chi connectivity index (χ3v) is 5.99. The molecule has 7 nitrogen and oxygen atoms in total. The van der Waals surface area contributed by atoms with Gasteiger partial charge < -0.3 is 9.64 Å². The minimum absolute atomic E-state index is 0.0127. The normalized spacial score (nSPS) is 14.4. The van der Waals surface area contributed by atoms with Gasteiger partial charge in [-0.25, -0.2) is 18.7 Å². The molecular weight excluding hydrogens is 412 g/mol. The molecule has 30 heavy (non-hydrogen) atoms. The van der Waals surface area contributed by atoms with E-state index in [0.29, 0.717) is 18.6 Å². The van der Waals surface area contributed by atoms with Crippen LogP contribution >= 0.6 is 11.3 Å². The molecule has 0 bridgehead atoms. The molecule has 4 aromatic rings. The summed E-state index contributed by atoms with van der Waals surface area (Å²) in [5, 5.41) is 7.84. The highest BCUT2D eigenvalue weighted by Crippen LogP contribution is 2.33. The molecule has 1 aromatic carbocycles. The van der Waals surface area contributed by atoms with Crippen molar-refractivity contribution in [2.45, 2.75) is 0 Å². The molecule has 152 valence electrons. The third-order valence-electron chi connectivity index (χ3n) is 4.89. The van der Waals surface area contributed by atoms with E-state index in [1.165, 1.54) is 17.4 Å². The van der Waals surface area contributed by atoms with Gasteiger partial charge in [0.25, 0.3) is 0 Å². The van der Waals surface area contributed by atoms with Gasteiger partial charge in [0.1, 0.15) is 17.3 Å². The van der Waals surface area contributed by atoms with Crippen molar-refractivity contribution < 1.29 is 18.3 Å². The van der Waals surface area contributed by atoms with Crippen molar-refractivity contribution >= 4 is 33.3 Å². The van der Waals surface area contributed by atoms with Crippen molar-refractivity contribution in [2.75, 3.05) is 31.2 Å². The molecule has 0 radical (unpaired) electrons. The van der Waals surface area contributed by atoms with Gasteiger partial charge in [-0.05, 0) is 18.2 Å². The van der Waals surface area contributed by atoms with Gasteiger partial charge in [-0.3, -0.25) is 9.89 Å². The van der Waals surface area contributed by atoms with Gasteiger partial charge in [-0.2, -0.15) is 5.10 Å². The number of hydrogen-bond donors (Lipinski definition) is 1. The Hall–Kier alpha value is -3.24. The molecule has 0 aliphatic carbocycles. The molecule has 1 N–H and O–H groups in total. The van der Waals surface area contributed by atoms with Crippen LogP contribution in [0.3, 0.4) is 0 Å². The van der Waals surface area contributed by atoms with Crippen molar-refractivity contribution in [2.24, 2.45) is 0 Å². The van der Waals surface area contributed by atoms with Crippen LogP contribution in [0.15, 0.2) is 36.7 Å². The van der Waals surface area contributed by atoms with E-state index in [1.807, 2.05) is 0 Å². The van der Waals surface area contributed by atoms with Crippen molar-refractivity contribution in [3.63, 3.8) is 0 Å². The highest BCUT2D eigenvalue weighted by Gasteiger charge is 2.23. The number of morpholine rings is 1. The van der Waals surface area contributed by atoms with Crippen molar-refractivity contribution in [1.82, 2.24) is 20.2 Å². The zero-order valence-corrected chi connectivity index (χ0v) is 16.4. The molecule has 1 aliphatic rings. The Kier molecular flexibility index (Phi) is 4.72. The maximum atomic E-state index is 14.1. The fourth-order valence-corrected chi connectivity index (χ4v) is 4.30. The fourth-order valence-electron chi connectivity index (χ4n) is 3.35. The molecule has 0 unspecified atom stereocenters. The minimum atomic E-state index is -0.926. The molecule has 0 saturated carbocycles. The summed E-state index contributed by atoms with van der Waals surface area (Å²) in [5.41, 5.74) is 0.392. The quantitative estimate of drug-likeness (QED) is 0.503. The number of carbonyl (C=O) groups is 1. The maximum absolute atomic E-state index is 14.1. The lowest BCUT2D eigenvalue weighted by Crippen LogP contribution is -2.36. The average Bonchev–Trinajstić information content (AvgIpc) is 3.41. The van der Waals surface area contributed by atoms with Crippen LogP contribution in [0, 0.1) is 11.6 Å². The molecule has 1 saturated heterocycles. The van der Waals surface area contributed by atoms with Crippen molar-refractivity contribution in [3.05, 3.63) is 59.6 Å². The summed E-state index contributed by atoms with van der Waals surface area (Å²) in [5.74, 6) is -2.67. The number of rotatable bonds is 4. The van der Waals surface area contributed by atoms with E-state index in [2.05, 4.69) is 25.1 Å². The fraction of sp³-hybridized carbons (Fsp3) is 0.200. The molecule has 1 fully saturated rings. The van der Waals surface area contributed by atoms with Crippen LogP contribution in [0.2, 0.25) is 0 Å². The molecule has 1 aliphatic heterocycles. The number of pyridine rings is 1. The number of thiazole rings is 1. The molecule has 0 spiro atoms. The van der Waals surface area contributed by atoms with E-state index in [0.717, 1.165) is 40.8 Å². The van der Waals surface area contributed by atoms with Gasteiger partial charge in [0.15, 0.2) is 10.8 Å². The molecule has 3 aromatic heterocycles. The molecule has 5 rings (SSSR count). The largest absolute Gasteiger partial charge is 0.378 e. The number of ether oxygens (including phenoxy) is 1. The predicted molar refractivity (Wildman–Crippen MR) is 108 cm³/mol. The monoisotopic (exact) mass is 427 g/mol. The number of benzene rings is 1. The SMILES string of the molecule is O=C(c1c(F)cccc1F)c1[nH]nc2ncc(-c3cnc(N4CCOCC4)s3)cc12. The summed E-state index contributed by atoms with van der Waals surface area (Å²) in [6.07, 6.45) is 3.38. The van der Waals surface area contributed by atoms with Gasteiger partial charge in [0.05, 0.1) is 29.0 Å². The highest BCUT2D eigenvalue weighted by molar-refractivity contribution is 7.18. The van der Waals surface area contributed by atoms with Crippen LogP contribution in [0.25, 0.3) is 21.5 Å². The van der Waals surface area contributed by atoms with Crippen LogP contribution in [0.1, 0.15) is 16.1 Å². The summed E-state index contributed by atoms with van der Waals surface area (Å²) in [7, 11) is 0. The first kappa shape index (κ1) is 18.8. The Morgan fingerprint density at radius 3 is 2.67 bits per heavy atom. The Morgan fingerprint density at radius 2 is 1.90 bits per heavy atom. The number of ketones is 1. The second-order valence-electron chi connectivity index (χ2n) is 6.73. The van der Waals surface area contributed by atoms with Crippen LogP contribution in [-0.2, 0) is 4.74 Å². The molecular formula is C20H15F2N5O2S. The standard InChI is InChI=1S/C20H15F2N5O2S/c21-13-2-1-3-14(22)16(13)18(28)17-12-8-11(9-23-19(12)26-25-17)15-10-24-20(30-15)27-4-6-29-7-5-27/h1-3,8-10H,4-7H2,(H,23,25,26). The topological polar surface area (TPSA) is 84.0 Å². The number of fused-ring (bicyclic) bond motifs is 1. The summed E-state index contributed by atoms with van der Waals surface area (Å²) < 4.78 is 33.5. The highest BCUT2D eigenvalue weighted by atomic mass is 32.1. The number of halogens is 2. The van der Waals surface area contributed by atoms with E-state index in [9.17, 15) is 13.6 Å². The van der Waals surface area contributed by atoms with E-state index >= 15 is 0 Å². The first-order valence-corrected chi connectivity index (χ1v) is 10.0. The lowest BCUT2D eigenvalue weighted by atomic mass is 10.0. The van der Waals surface area contributed by atoms with Crippen LogP contribution < -0.4 is 4.90 Å². The third kappa shape index (κ3) is 3.23. The lowest BCUT2D eigenvalue weighted by Gasteiger charge is -2.25. The Balaban J connectivity index is 1.52. The Bertz CT molecular complexity index is 1230. The zero-order valence-electron chi connectivity index (χ0n) is 15.6. The summed E-state index contributed by atoms with van der Waals surface area (Å²) in [6, 6.07) is 5.03. The smallest absolute Gasteiger partial charge is 0.217 e. The van der Waals surface area contributed by atoms with Crippen LogP contribution in [0.5, 0.6) is 0 Å². The Labute approximate surface area is 173 Å². The zero-order chi connectivity index (χ0) is 20.7. The first-order valence-electron chi connectivity index (χ1n) is 9.23. The van der Waals surface area contributed by atoms with Crippen molar-refractivity contribution in [1.29, 1.82) is 0 Å². The molecule has 0 amide bonds. The molecule has 4 heterocycles. The van der Waals surface area contributed by atoms with E-state index < -0.39 is 23.0 Å². The number of nitrogens with zero attached hydrogens (tertiary/aromatic N) is 4. The minimum Gasteiger partial charge on any atom is -0.378 e. The van der Waals surface area contributed by atoms with Gasteiger partial charge in [0, 0.05) is 31.0 Å². The van der Waals surface area contributed by atoms with E-state index in [-0.39, 0.29) is 11.3 Å². The molecule has 0 atom stereocenters. The summed E-state index contributed by atoms with van der Waals surface area (Å²) in [4.78, 5) is 24.6. The maximum Gasteiger partial charge on any atom is 0.217 e. The van der Waals surface area contributed by atoms with Gasteiger partial charge in [-0.15, -0.1) is 0 Å². The molecule has 10 heteroatoms. The number of aromatic nitrogens is 4. The first-order chi connectivity index (χ1) is 14.6. The van der Waals surface area contributed by atoms with Crippen LogP contribution in [-0.4, -0.2) is 52.3 Å². The van der Waals surface area contributed by atoms with E-state index in [1.54, 1.807) is 18.5 Å². The van der Waals surface area contributed by atoms with Crippen LogP contribution in [0.4, 0.5) is 13.9 Å². The van der Waals surface area contributed by atoms with E-state index in [4.69, 9.17) is 4.74 Å². The predicted octanol–water partition coefficient (Wildman–Crippen LogP) is 3.43. The second kappa shape index (κ2) is 7.54. The summed E-state index contributed by atoms with van der Waals surface area (Å²) >= 11 is 1.50. The second-order valence-corrected chi connectivity index (χ2v) is 7.74. The van der Waals surface area contributed by atoms with Gasteiger partial charge >= 0.3 is 0 Å². The van der Waals surface area contributed by atoms with Crippen molar-refractivity contribution in [3.8, 4) is 10.4 Å². The number of H-pyrrole nitrogens is 1. The number of hydrogen-bond acceptors (Lipinski definition) is 7. The Morgan fingerprint density at radius 1 is 1.13 bits per heavy atom. The van der Waals surface area contributed by atoms with Gasteiger partial charge in [0.2, 0.25) is 5.78 Å². The number of carbonyl (C=O) groups excluding carboxylic acids is 1. The lowest BCUT2D eigenvalue weighted by molar-refractivity contribution is 0.102. The summed E-state index contributed by atoms with van der Waals surface area (Å²) in [6.45, 7) is 2.88.